The number of nitrogens with one attached hydrogen (secondary N) is 2. The van der Waals surface area contributed by atoms with Crippen molar-refractivity contribution in [1.82, 2.24) is 10.0 Å². The fraction of sp³-hybridized carbons (Fsp3) is 0.381. The lowest BCUT2D eigenvalue weighted by Crippen LogP contribution is -2.25. The number of hydrogen-bond donors (Lipinski definition) is 2. The van der Waals surface area contributed by atoms with Crippen LogP contribution in [-0.2, 0) is 16.6 Å². The SMILES string of the molecule is CNS(=O)(=O)c1cc(C(=O)NCc2ccc(OCC(C)C)cc2)cc(C)c1C. The van der Waals surface area contributed by atoms with Gasteiger partial charge in [-0.05, 0) is 67.8 Å². The molecule has 152 valence electrons. The Morgan fingerprint density at radius 1 is 1.11 bits per heavy atom. The van der Waals surface area contributed by atoms with Crippen LogP contribution in [0.5, 0.6) is 5.75 Å². The van der Waals surface area contributed by atoms with Gasteiger partial charge in [-0.2, -0.15) is 0 Å². The first kappa shape index (κ1) is 21.9. The summed E-state index contributed by atoms with van der Waals surface area (Å²) in [6.45, 7) is 8.68. The highest BCUT2D eigenvalue weighted by molar-refractivity contribution is 7.89. The third-order valence-corrected chi connectivity index (χ3v) is 5.94. The molecule has 0 spiro atoms. The standard InChI is InChI=1S/C21H28N2O4S/c1-14(2)13-27-19-8-6-17(7-9-19)12-23-21(24)18-10-15(3)16(4)20(11-18)28(25,26)22-5/h6-11,14,22H,12-13H2,1-5H3,(H,23,24). The van der Waals surface area contributed by atoms with E-state index in [1.54, 1.807) is 19.9 Å². The van der Waals surface area contributed by atoms with Crippen LogP contribution in [0.1, 0.15) is 40.9 Å². The summed E-state index contributed by atoms with van der Waals surface area (Å²) in [4.78, 5) is 12.7. The number of ether oxygens (including phenoxy) is 1. The molecule has 0 atom stereocenters. The molecule has 0 aromatic heterocycles. The molecule has 2 aromatic carbocycles. The Kier molecular flexibility index (Phi) is 7.21. The van der Waals surface area contributed by atoms with E-state index in [9.17, 15) is 13.2 Å². The van der Waals surface area contributed by atoms with Gasteiger partial charge in [-0.3, -0.25) is 4.79 Å². The molecule has 0 aliphatic carbocycles. The molecule has 2 rings (SSSR count). The van der Waals surface area contributed by atoms with Gasteiger partial charge >= 0.3 is 0 Å². The maximum atomic E-state index is 12.5. The van der Waals surface area contributed by atoms with Crippen molar-refractivity contribution < 1.29 is 17.9 Å². The minimum atomic E-state index is -3.63. The van der Waals surface area contributed by atoms with Crippen molar-refractivity contribution in [2.75, 3.05) is 13.7 Å². The molecule has 28 heavy (non-hydrogen) atoms. The van der Waals surface area contributed by atoms with Gasteiger partial charge in [0, 0.05) is 12.1 Å². The van der Waals surface area contributed by atoms with Gasteiger partial charge in [-0.25, -0.2) is 13.1 Å². The van der Waals surface area contributed by atoms with E-state index in [2.05, 4.69) is 23.9 Å². The molecule has 0 aliphatic rings. The Hall–Kier alpha value is -2.38. The molecule has 0 radical (unpaired) electrons. The Morgan fingerprint density at radius 3 is 2.32 bits per heavy atom. The second-order valence-corrected chi connectivity index (χ2v) is 9.01. The first-order valence-electron chi connectivity index (χ1n) is 9.18. The van der Waals surface area contributed by atoms with Gasteiger partial charge in [0.05, 0.1) is 11.5 Å². The van der Waals surface area contributed by atoms with E-state index in [4.69, 9.17) is 4.74 Å². The van der Waals surface area contributed by atoms with Crippen LogP contribution in [0.25, 0.3) is 0 Å². The van der Waals surface area contributed by atoms with Crippen LogP contribution in [-0.4, -0.2) is 28.0 Å². The first-order valence-corrected chi connectivity index (χ1v) is 10.7. The molecule has 7 heteroatoms. The average molecular weight is 405 g/mol. The molecular formula is C21H28N2O4S. The number of sulfonamides is 1. The quantitative estimate of drug-likeness (QED) is 0.708. The zero-order valence-electron chi connectivity index (χ0n) is 17.0. The normalized spacial score (nSPS) is 11.5. The molecule has 0 bridgehead atoms. The Balaban J connectivity index is 2.09. The monoisotopic (exact) mass is 404 g/mol. The summed E-state index contributed by atoms with van der Waals surface area (Å²) in [5.41, 5.74) is 2.61. The van der Waals surface area contributed by atoms with Crippen LogP contribution in [0.2, 0.25) is 0 Å². The molecule has 1 amide bonds. The number of amides is 1. The number of rotatable bonds is 8. The largest absolute Gasteiger partial charge is 0.493 e. The fourth-order valence-corrected chi connectivity index (χ4v) is 3.66. The lowest BCUT2D eigenvalue weighted by atomic mass is 10.1. The highest BCUT2D eigenvalue weighted by Crippen LogP contribution is 2.21. The number of carbonyl (C=O) groups is 1. The van der Waals surface area contributed by atoms with Crippen molar-refractivity contribution in [3.8, 4) is 5.75 Å². The number of hydrogen-bond acceptors (Lipinski definition) is 4. The molecule has 0 aliphatic heterocycles. The molecule has 6 nitrogen and oxygen atoms in total. The van der Waals surface area contributed by atoms with Crippen LogP contribution < -0.4 is 14.8 Å². The van der Waals surface area contributed by atoms with E-state index in [1.807, 2.05) is 24.3 Å². The summed E-state index contributed by atoms with van der Waals surface area (Å²) in [6.07, 6.45) is 0. The zero-order chi connectivity index (χ0) is 20.9. The third-order valence-electron chi connectivity index (χ3n) is 4.40. The topological polar surface area (TPSA) is 84.5 Å². The summed E-state index contributed by atoms with van der Waals surface area (Å²) < 4.78 is 32.3. The molecule has 0 fully saturated rings. The molecule has 0 saturated carbocycles. The van der Waals surface area contributed by atoms with Gasteiger partial charge in [0.15, 0.2) is 0 Å². The number of aryl methyl sites for hydroxylation is 1. The van der Waals surface area contributed by atoms with Crippen molar-refractivity contribution in [1.29, 1.82) is 0 Å². The highest BCUT2D eigenvalue weighted by atomic mass is 32.2. The van der Waals surface area contributed by atoms with Gasteiger partial charge < -0.3 is 10.1 Å². The van der Waals surface area contributed by atoms with Crippen LogP contribution >= 0.6 is 0 Å². The summed E-state index contributed by atoms with van der Waals surface area (Å²) in [5.74, 6) is 0.921. The first-order chi connectivity index (χ1) is 13.1. The van der Waals surface area contributed by atoms with Crippen molar-refractivity contribution in [3.63, 3.8) is 0 Å². The predicted molar refractivity (Wildman–Crippen MR) is 110 cm³/mol. The molecular weight excluding hydrogens is 376 g/mol. The van der Waals surface area contributed by atoms with E-state index in [0.29, 0.717) is 30.2 Å². The van der Waals surface area contributed by atoms with E-state index in [1.165, 1.54) is 13.1 Å². The number of benzene rings is 2. The van der Waals surface area contributed by atoms with Crippen molar-refractivity contribution >= 4 is 15.9 Å². The predicted octanol–water partition coefficient (Wildman–Crippen LogP) is 3.18. The molecule has 0 saturated heterocycles. The second kappa shape index (κ2) is 9.21. The van der Waals surface area contributed by atoms with E-state index in [0.717, 1.165) is 16.9 Å². The minimum Gasteiger partial charge on any atom is -0.493 e. The second-order valence-electron chi connectivity index (χ2n) is 7.16. The molecule has 0 unspecified atom stereocenters. The van der Waals surface area contributed by atoms with Crippen LogP contribution in [0.4, 0.5) is 0 Å². The van der Waals surface area contributed by atoms with Gasteiger partial charge in [-0.15, -0.1) is 0 Å². The van der Waals surface area contributed by atoms with E-state index >= 15 is 0 Å². The van der Waals surface area contributed by atoms with E-state index in [-0.39, 0.29) is 10.8 Å². The van der Waals surface area contributed by atoms with Crippen molar-refractivity contribution in [3.05, 3.63) is 58.7 Å². The Morgan fingerprint density at radius 2 is 1.75 bits per heavy atom. The molecule has 0 heterocycles. The smallest absolute Gasteiger partial charge is 0.251 e. The lowest BCUT2D eigenvalue weighted by Gasteiger charge is -2.13. The fourth-order valence-electron chi connectivity index (χ4n) is 2.60. The average Bonchev–Trinajstić information content (AvgIpc) is 2.67. The Labute approximate surface area is 167 Å². The summed E-state index contributed by atoms with van der Waals surface area (Å²) in [7, 11) is -2.28. The summed E-state index contributed by atoms with van der Waals surface area (Å²) >= 11 is 0. The highest BCUT2D eigenvalue weighted by Gasteiger charge is 2.19. The lowest BCUT2D eigenvalue weighted by molar-refractivity contribution is 0.0950. The summed E-state index contributed by atoms with van der Waals surface area (Å²) in [5, 5.41) is 2.83. The van der Waals surface area contributed by atoms with Gasteiger partial charge in [-0.1, -0.05) is 26.0 Å². The van der Waals surface area contributed by atoms with Crippen LogP contribution in [0.15, 0.2) is 41.3 Å². The van der Waals surface area contributed by atoms with Crippen LogP contribution in [0.3, 0.4) is 0 Å². The van der Waals surface area contributed by atoms with E-state index < -0.39 is 10.0 Å². The maximum absolute atomic E-state index is 12.5. The van der Waals surface area contributed by atoms with Gasteiger partial charge in [0.2, 0.25) is 10.0 Å². The molecule has 2 aromatic rings. The zero-order valence-corrected chi connectivity index (χ0v) is 17.8. The Bertz CT molecular complexity index is 936. The van der Waals surface area contributed by atoms with Gasteiger partial charge in [0.25, 0.3) is 5.91 Å². The minimum absolute atomic E-state index is 0.117. The van der Waals surface area contributed by atoms with Crippen LogP contribution in [0, 0.1) is 19.8 Å². The van der Waals surface area contributed by atoms with Gasteiger partial charge in [0.1, 0.15) is 5.75 Å². The van der Waals surface area contributed by atoms with Crippen molar-refractivity contribution in [2.45, 2.75) is 39.1 Å². The summed E-state index contributed by atoms with van der Waals surface area (Å²) in [6, 6.07) is 10.6. The van der Waals surface area contributed by atoms with Crippen molar-refractivity contribution in [2.24, 2.45) is 5.92 Å². The number of carbonyl (C=O) groups excluding carboxylic acids is 1. The maximum Gasteiger partial charge on any atom is 0.251 e. The molecule has 2 N–H and O–H groups in total. The third kappa shape index (κ3) is 5.56.